The first kappa shape index (κ1) is 28.3. The van der Waals surface area contributed by atoms with Gasteiger partial charge in [-0.1, -0.05) is 95.7 Å². The van der Waals surface area contributed by atoms with Crippen molar-refractivity contribution in [3.63, 3.8) is 0 Å². The van der Waals surface area contributed by atoms with E-state index in [1.807, 2.05) is 6.07 Å². The second-order valence-electron chi connectivity index (χ2n) is 10.4. The molecule has 3 aromatic rings. The Kier molecular flexibility index (Phi) is 10.8. The molecule has 202 valence electrons. The van der Waals surface area contributed by atoms with E-state index in [-0.39, 0.29) is 0 Å². The van der Waals surface area contributed by atoms with Crippen LogP contribution < -0.4 is 10.1 Å². The van der Waals surface area contributed by atoms with Gasteiger partial charge in [0.1, 0.15) is 16.8 Å². The Morgan fingerprint density at radius 3 is 2.50 bits per heavy atom. The van der Waals surface area contributed by atoms with Crippen LogP contribution in [-0.4, -0.2) is 18.1 Å². The summed E-state index contributed by atoms with van der Waals surface area (Å²) in [5.41, 5.74) is 6.00. The molecule has 0 fully saturated rings. The molecule has 2 heterocycles. The minimum atomic E-state index is 0.458. The topological polar surface area (TPSA) is 57.9 Å². The number of fused-ring (bicyclic) bond motifs is 1. The quantitative estimate of drug-likeness (QED) is 0.212. The highest BCUT2D eigenvalue weighted by Crippen LogP contribution is 2.43. The summed E-state index contributed by atoms with van der Waals surface area (Å²) in [7, 11) is 0. The van der Waals surface area contributed by atoms with Crippen molar-refractivity contribution in [3.05, 3.63) is 58.1 Å². The average molecular weight is 530 g/mol. The monoisotopic (exact) mass is 529 g/mol. The van der Waals surface area contributed by atoms with Crippen molar-refractivity contribution < 1.29 is 4.74 Å². The van der Waals surface area contributed by atoms with Crippen molar-refractivity contribution >= 4 is 11.3 Å². The third-order valence-corrected chi connectivity index (χ3v) is 8.82. The molecule has 0 bridgehead atoms. The number of unbranched alkanes of at least 4 members (excludes halogenated alkanes) is 5. The lowest BCUT2D eigenvalue weighted by Crippen LogP contribution is -2.22. The molecule has 1 N–H and O–H groups in total. The Morgan fingerprint density at radius 2 is 1.74 bits per heavy atom. The van der Waals surface area contributed by atoms with E-state index in [0.29, 0.717) is 18.1 Å². The van der Waals surface area contributed by atoms with Gasteiger partial charge in [0.05, 0.1) is 17.9 Å². The number of nitrogens with one attached hydrogen (secondary N) is 1. The van der Waals surface area contributed by atoms with Crippen LogP contribution in [-0.2, 0) is 13.0 Å². The van der Waals surface area contributed by atoms with E-state index in [2.05, 4.69) is 62.5 Å². The molecule has 0 spiro atoms. The van der Waals surface area contributed by atoms with E-state index >= 15 is 0 Å². The van der Waals surface area contributed by atoms with Crippen LogP contribution in [0.3, 0.4) is 0 Å². The van der Waals surface area contributed by atoms with Gasteiger partial charge in [0.25, 0.3) is 0 Å². The molecule has 0 saturated carbocycles. The fourth-order valence-corrected chi connectivity index (χ4v) is 6.63. The first-order chi connectivity index (χ1) is 18.7. The van der Waals surface area contributed by atoms with Crippen LogP contribution in [0.25, 0.3) is 21.7 Å². The molecular weight excluding hydrogens is 486 g/mol. The van der Waals surface area contributed by atoms with Crippen LogP contribution in [0.1, 0.15) is 106 Å². The Labute approximate surface area is 233 Å². The summed E-state index contributed by atoms with van der Waals surface area (Å²) in [4.78, 5) is 6.27. The number of para-hydroxylation sites is 1. The largest absolute Gasteiger partial charge is 0.493 e. The smallest absolute Gasteiger partial charge is 0.130 e. The van der Waals surface area contributed by atoms with Gasteiger partial charge in [-0.25, -0.2) is 4.98 Å². The number of benzene rings is 2. The predicted octanol–water partition coefficient (Wildman–Crippen LogP) is 9.03. The maximum Gasteiger partial charge on any atom is 0.130 e. The number of aromatic nitrogens is 1. The fraction of sp³-hybridized carbons (Fsp3) is 0.515. The number of hydrogen-bond acceptors (Lipinski definition) is 5. The molecule has 0 amide bonds. The van der Waals surface area contributed by atoms with Gasteiger partial charge in [-0.15, -0.1) is 11.3 Å². The van der Waals surface area contributed by atoms with Crippen molar-refractivity contribution in [3.8, 4) is 33.5 Å². The number of nitrogens with zero attached hydrogens (tertiary/aromatic N) is 2. The highest BCUT2D eigenvalue weighted by Gasteiger charge is 2.23. The SMILES string of the molecule is CCCCCCCCC(CC)c1cccc(-c2cccc(-c3nc4c(s3)CCNC4)c2C#N)c1OCCC. The number of thiazole rings is 1. The Balaban J connectivity index is 1.69. The summed E-state index contributed by atoms with van der Waals surface area (Å²) in [6.45, 7) is 9.18. The van der Waals surface area contributed by atoms with E-state index in [9.17, 15) is 5.26 Å². The lowest BCUT2D eigenvalue weighted by atomic mass is 9.86. The minimum Gasteiger partial charge on any atom is -0.493 e. The van der Waals surface area contributed by atoms with E-state index in [0.717, 1.165) is 65.5 Å². The first-order valence-corrected chi connectivity index (χ1v) is 15.5. The number of nitriles is 1. The molecule has 4 rings (SSSR count). The van der Waals surface area contributed by atoms with Gasteiger partial charge >= 0.3 is 0 Å². The van der Waals surface area contributed by atoms with Gasteiger partial charge in [0.15, 0.2) is 0 Å². The standard InChI is InChI=1S/C33H43N3OS/c1-4-7-8-9-10-11-14-24(6-3)25-15-12-17-27(32(25)37-21-5-2)26-16-13-18-28(29(26)22-34)33-36-30-23-35-20-19-31(30)38-33/h12-13,15-18,24,35H,4-11,14,19-21,23H2,1-3H3. The van der Waals surface area contributed by atoms with E-state index in [1.54, 1.807) is 11.3 Å². The maximum absolute atomic E-state index is 10.4. The van der Waals surface area contributed by atoms with Gasteiger partial charge in [0, 0.05) is 34.7 Å². The summed E-state index contributed by atoms with van der Waals surface area (Å²) in [6.07, 6.45) is 12.1. The summed E-state index contributed by atoms with van der Waals surface area (Å²) < 4.78 is 6.49. The van der Waals surface area contributed by atoms with Crippen molar-refractivity contribution in [1.82, 2.24) is 10.3 Å². The third kappa shape index (κ3) is 6.65. The lowest BCUT2D eigenvalue weighted by molar-refractivity contribution is 0.312. The molecule has 1 aliphatic heterocycles. The predicted molar refractivity (Wildman–Crippen MR) is 160 cm³/mol. The van der Waals surface area contributed by atoms with Gasteiger partial charge in [-0.2, -0.15) is 5.26 Å². The van der Waals surface area contributed by atoms with Crippen LogP contribution >= 0.6 is 11.3 Å². The van der Waals surface area contributed by atoms with Gasteiger partial charge in [-0.05, 0) is 37.2 Å². The fourth-order valence-electron chi connectivity index (χ4n) is 5.52. The maximum atomic E-state index is 10.4. The zero-order chi connectivity index (χ0) is 26.7. The molecule has 1 aromatic heterocycles. The normalized spacial score (nSPS) is 13.6. The first-order valence-electron chi connectivity index (χ1n) is 14.7. The molecule has 1 atom stereocenters. The van der Waals surface area contributed by atoms with Crippen LogP contribution in [0.2, 0.25) is 0 Å². The Bertz CT molecular complexity index is 1200. The molecule has 1 aliphatic rings. The molecule has 38 heavy (non-hydrogen) atoms. The van der Waals surface area contributed by atoms with Gasteiger partial charge in [0.2, 0.25) is 0 Å². The van der Waals surface area contributed by atoms with Crippen molar-refractivity contribution in [2.24, 2.45) is 0 Å². The lowest BCUT2D eigenvalue weighted by Gasteiger charge is -2.23. The molecule has 4 nitrogen and oxygen atoms in total. The second-order valence-corrected chi connectivity index (χ2v) is 11.5. The minimum absolute atomic E-state index is 0.458. The number of rotatable bonds is 14. The van der Waals surface area contributed by atoms with Crippen molar-refractivity contribution in [1.29, 1.82) is 5.26 Å². The van der Waals surface area contributed by atoms with E-state index in [4.69, 9.17) is 9.72 Å². The molecule has 2 aromatic carbocycles. The van der Waals surface area contributed by atoms with Crippen LogP contribution in [0.15, 0.2) is 36.4 Å². The van der Waals surface area contributed by atoms with Crippen molar-refractivity contribution in [2.45, 2.75) is 97.4 Å². The van der Waals surface area contributed by atoms with E-state index < -0.39 is 0 Å². The van der Waals surface area contributed by atoms with Crippen LogP contribution in [0.5, 0.6) is 5.75 Å². The van der Waals surface area contributed by atoms with Crippen molar-refractivity contribution in [2.75, 3.05) is 13.2 Å². The number of ether oxygens (including phenoxy) is 1. The zero-order valence-corrected chi connectivity index (χ0v) is 24.3. The highest BCUT2D eigenvalue weighted by atomic mass is 32.1. The third-order valence-electron chi connectivity index (χ3n) is 7.63. The summed E-state index contributed by atoms with van der Waals surface area (Å²) in [6, 6.07) is 15.2. The average Bonchev–Trinajstić information content (AvgIpc) is 3.39. The number of hydrogen-bond donors (Lipinski definition) is 1. The molecule has 0 aliphatic carbocycles. The van der Waals surface area contributed by atoms with Crippen LogP contribution in [0.4, 0.5) is 0 Å². The Morgan fingerprint density at radius 1 is 0.974 bits per heavy atom. The summed E-state index contributed by atoms with van der Waals surface area (Å²) in [5, 5.41) is 14.7. The molecule has 0 radical (unpaired) electrons. The van der Waals surface area contributed by atoms with Gasteiger partial charge < -0.3 is 10.1 Å². The Hall–Kier alpha value is -2.68. The summed E-state index contributed by atoms with van der Waals surface area (Å²) >= 11 is 1.73. The zero-order valence-electron chi connectivity index (χ0n) is 23.4. The van der Waals surface area contributed by atoms with E-state index in [1.165, 1.54) is 55.4 Å². The molecule has 1 unspecified atom stereocenters. The molecular formula is C33H43N3OS. The second kappa shape index (κ2) is 14.5. The van der Waals surface area contributed by atoms with Gasteiger partial charge in [-0.3, -0.25) is 0 Å². The van der Waals surface area contributed by atoms with Crippen LogP contribution in [0, 0.1) is 11.3 Å². The molecule has 5 heteroatoms. The highest BCUT2D eigenvalue weighted by molar-refractivity contribution is 7.15. The molecule has 0 saturated heterocycles. The summed E-state index contributed by atoms with van der Waals surface area (Å²) in [5.74, 6) is 1.42.